The van der Waals surface area contributed by atoms with Crippen molar-refractivity contribution in [2.75, 3.05) is 6.61 Å². The Morgan fingerprint density at radius 3 is 2.86 bits per heavy atom. The van der Waals surface area contributed by atoms with Crippen LogP contribution in [0, 0.1) is 0 Å². The number of benzene rings is 1. The summed E-state index contributed by atoms with van der Waals surface area (Å²) < 4.78 is 11.6. The number of aromatic nitrogens is 2. The molecule has 0 aliphatic heterocycles. The third-order valence-electron chi connectivity index (χ3n) is 2.65. The van der Waals surface area contributed by atoms with Gasteiger partial charge < -0.3 is 9.47 Å². The zero-order chi connectivity index (χ0) is 15.2. The van der Waals surface area contributed by atoms with E-state index in [4.69, 9.17) is 9.47 Å². The molecule has 0 radical (unpaired) electrons. The Labute approximate surface area is 122 Å². The fourth-order valence-electron chi connectivity index (χ4n) is 1.83. The molecule has 2 rings (SSSR count). The highest BCUT2D eigenvalue weighted by atomic mass is 16.5. The molecule has 0 fully saturated rings. The van der Waals surface area contributed by atoms with Crippen molar-refractivity contribution in [3.8, 4) is 5.75 Å². The maximum Gasteiger partial charge on any atom is 0.341 e. The molecule has 110 valence electrons. The lowest BCUT2D eigenvalue weighted by Gasteiger charge is -2.05. The van der Waals surface area contributed by atoms with Gasteiger partial charge in [-0.3, -0.25) is 9.48 Å². The molecule has 21 heavy (non-hydrogen) atoms. The van der Waals surface area contributed by atoms with Crippen molar-refractivity contribution in [3.05, 3.63) is 47.8 Å². The first-order valence-corrected chi connectivity index (χ1v) is 6.55. The minimum Gasteiger partial charge on any atom is -0.462 e. The summed E-state index contributed by atoms with van der Waals surface area (Å²) in [4.78, 5) is 22.5. The van der Waals surface area contributed by atoms with Gasteiger partial charge in [0.05, 0.1) is 24.9 Å². The fraction of sp³-hybridized carbons (Fsp3) is 0.267. The lowest BCUT2D eigenvalue weighted by Crippen LogP contribution is -2.04. The first kappa shape index (κ1) is 14.8. The molecule has 2 aromatic rings. The van der Waals surface area contributed by atoms with Gasteiger partial charge in [0.1, 0.15) is 5.75 Å². The Morgan fingerprint density at radius 2 is 2.14 bits per heavy atom. The second-order valence-electron chi connectivity index (χ2n) is 4.39. The molecular formula is C15H16N2O4. The van der Waals surface area contributed by atoms with Crippen LogP contribution in [-0.4, -0.2) is 28.3 Å². The van der Waals surface area contributed by atoms with Crippen LogP contribution in [0.5, 0.6) is 5.75 Å². The van der Waals surface area contributed by atoms with E-state index < -0.39 is 5.97 Å². The van der Waals surface area contributed by atoms with Gasteiger partial charge in [-0.15, -0.1) is 0 Å². The van der Waals surface area contributed by atoms with Crippen molar-refractivity contribution < 1.29 is 19.1 Å². The molecule has 0 atom stereocenters. The van der Waals surface area contributed by atoms with Gasteiger partial charge in [-0.1, -0.05) is 12.1 Å². The first-order valence-electron chi connectivity index (χ1n) is 6.55. The van der Waals surface area contributed by atoms with Crippen molar-refractivity contribution in [1.29, 1.82) is 0 Å². The number of hydrogen-bond acceptors (Lipinski definition) is 5. The summed E-state index contributed by atoms with van der Waals surface area (Å²) in [5.41, 5.74) is 1.32. The van der Waals surface area contributed by atoms with Crippen LogP contribution < -0.4 is 4.74 Å². The average molecular weight is 288 g/mol. The monoisotopic (exact) mass is 288 g/mol. The fourth-order valence-corrected chi connectivity index (χ4v) is 1.83. The molecule has 0 aliphatic carbocycles. The van der Waals surface area contributed by atoms with Gasteiger partial charge in [-0.05, 0) is 24.6 Å². The van der Waals surface area contributed by atoms with E-state index in [1.807, 2.05) is 6.07 Å². The number of nitrogens with zero attached hydrogens (tertiary/aromatic N) is 2. The van der Waals surface area contributed by atoms with Crippen LogP contribution in [-0.2, 0) is 16.1 Å². The van der Waals surface area contributed by atoms with Crippen LogP contribution >= 0.6 is 0 Å². The third kappa shape index (κ3) is 4.17. The Kier molecular flexibility index (Phi) is 4.71. The van der Waals surface area contributed by atoms with Gasteiger partial charge in [-0.2, -0.15) is 5.10 Å². The van der Waals surface area contributed by atoms with Gasteiger partial charge in [0.15, 0.2) is 0 Å². The Morgan fingerprint density at radius 1 is 1.33 bits per heavy atom. The Bertz CT molecular complexity index is 649. The van der Waals surface area contributed by atoms with Gasteiger partial charge in [0, 0.05) is 13.1 Å². The number of rotatable bonds is 5. The predicted octanol–water partition coefficient (Wildman–Crippen LogP) is 2.03. The zero-order valence-electron chi connectivity index (χ0n) is 11.9. The second kappa shape index (κ2) is 6.69. The molecule has 6 nitrogen and oxygen atoms in total. The largest absolute Gasteiger partial charge is 0.462 e. The van der Waals surface area contributed by atoms with Crippen molar-refractivity contribution >= 4 is 11.9 Å². The van der Waals surface area contributed by atoms with E-state index in [1.165, 1.54) is 13.1 Å². The van der Waals surface area contributed by atoms with Gasteiger partial charge in [0.25, 0.3) is 0 Å². The molecular weight excluding hydrogens is 272 g/mol. The summed E-state index contributed by atoms with van der Waals surface area (Å²) in [5, 5.41) is 4.11. The summed E-state index contributed by atoms with van der Waals surface area (Å²) in [7, 11) is 0. The summed E-state index contributed by atoms with van der Waals surface area (Å²) >= 11 is 0. The van der Waals surface area contributed by atoms with Gasteiger partial charge in [0.2, 0.25) is 0 Å². The smallest absolute Gasteiger partial charge is 0.341 e. The molecule has 0 bridgehead atoms. The SMILES string of the molecule is CCOC(=O)c1cnn(Cc2cccc(OC(C)=O)c2)c1. The predicted molar refractivity (Wildman–Crippen MR) is 75.0 cm³/mol. The molecule has 0 saturated heterocycles. The summed E-state index contributed by atoms with van der Waals surface area (Å²) in [6, 6.07) is 7.15. The number of ether oxygens (including phenoxy) is 2. The summed E-state index contributed by atoms with van der Waals surface area (Å²) in [6.07, 6.45) is 3.09. The number of carbonyl (C=O) groups is 2. The minimum absolute atomic E-state index is 0.328. The second-order valence-corrected chi connectivity index (χ2v) is 4.39. The quantitative estimate of drug-likeness (QED) is 0.622. The average Bonchev–Trinajstić information content (AvgIpc) is 2.87. The van der Waals surface area contributed by atoms with E-state index in [9.17, 15) is 9.59 Å². The maximum atomic E-state index is 11.6. The van der Waals surface area contributed by atoms with E-state index in [-0.39, 0.29) is 5.97 Å². The molecule has 0 aliphatic rings. The lowest BCUT2D eigenvalue weighted by atomic mass is 10.2. The number of carbonyl (C=O) groups excluding carboxylic acids is 2. The van der Waals surface area contributed by atoms with E-state index in [0.29, 0.717) is 24.5 Å². The van der Waals surface area contributed by atoms with E-state index in [1.54, 1.807) is 36.0 Å². The summed E-state index contributed by atoms with van der Waals surface area (Å²) in [6.45, 7) is 3.90. The van der Waals surface area contributed by atoms with Crippen LogP contribution in [0.25, 0.3) is 0 Å². The van der Waals surface area contributed by atoms with Crippen molar-refractivity contribution in [1.82, 2.24) is 9.78 Å². The van der Waals surface area contributed by atoms with Gasteiger partial charge >= 0.3 is 11.9 Å². The van der Waals surface area contributed by atoms with E-state index in [2.05, 4.69) is 5.10 Å². The standard InChI is InChI=1S/C15H16N2O4/c1-3-20-15(19)13-8-16-17(10-13)9-12-5-4-6-14(7-12)21-11(2)18/h4-8,10H,3,9H2,1-2H3. The first-order chi connectivity index (χ1) is 10.1. The molecule has 0 spiro atoms. The highest BCUT2D eigenvalue weighted by Gasteiger charge is 2.09. The zero-order valence-corrected chi connectivity index (χ0v) is 11.9. The van der Waals surface area contributed by atoms with E-state index in [0.717, 1.165) is 5.56 Å². The molecule has 1 heterocycles. The molecule has 1 aromatic carbocycles. The van der Waals surface area contributed by atoms with Crippen molar-refractivity contribution in [2.45, 2.75) is 20.4 Å². The highest BCUT2D eigenvalue weighted by Crippen LogP contribution is 2.14. The van der Waals surface area contributed by atoms with Crippen molar-refractivity contribution in [2.24, 2.45) is 0 Å². The van der Waals surface area contributed by atoms with Crippen LogP contribution in [0.4, 0.5) is 0 Å². The molecule has 1 aromatic heterocycles. The van der Waals surface area contributed by atoms with Crippen LogP contribution in [0.1, 0.15) is 29.8 Å². The molecule has 0 N–H and O–H groups in total. The molecule has 0 saturated carbocycles. The maximum absolute atomic E-state index is 11.6. The Balaban J connectivity index is 2.08. The van der Waals surface area contributed by atoms with Crippen LogP contribution in [0.15, 0.2) is 36.7 Å². The lowest BCUT2D eigenvalue weighted by molar-refractivity contribution is -0.131. The third-order valence-corrected chi connectivity index (χ3v) is 2.65. The number of esters is 2. The van der Waals surface area contributed by atoms with Crippen LogP contribution in [0.3, 0.4) is 0 Å². The Hall–Kier alpha value is -2.63. The number of hydrogen-bond donors (Lipinski definition) is 0. The molecule has 0 unspecified atom stereocenters. The van der Waals surface area contributed by atoms with Gasteiger partial charge in [-0.25, -0.2) is 4.79 Å². The molecule has 0 amide bonds. The van der Waals surface area contributed by atoms with E-state index >= 15 is 0 Å². The summed E-state index contributed by atoms with van der Waals surface area (Å²) in [5.74, 6) is -0.272. The molecule has 6 heteroatoms. The van der Waals surface area contributed by atoms with Crippen molar-refractivity contribution in [3.63, 3.8) is 0 Å². The van der Waals surface area contributed by atoms with Crippen LogP contribution in [0.2, 0.25) is 0 Å². The highest BCUT2D eigenvalue weighted by molar-refractivity contribution is 5.88. The minimum atomic E-state index is -0.391. The normalized spacial score (nSPS) is 10.2. The topological polar surface area (TPSA) is 70.4 Å².